The maximum absolute atomic E-state index is 13.6. The highest BCUT2D eigenvalue weighted by Gasteiger charge is 2.49. The predicted molar refractivity (Wildman–Crippen MR) is 168 cm³/mol. The molecule has 10 nitrogen and oxygen atoms in total. The highest BCUT2D eigenvalue weighted by atomic mass is 32.2. The third-order valence-corrected chi connectivity index (χ3v) is 8.76. The van der Waals surface area contributed by atoms with Crippen LogP contribution in [-0.2, 0) is 19.2 Å². The monoisotopic (exact) mass is 655 g/mol. The number of aliphatic carboxylic acids is 1. The fraction of sp³-hybridized carbons (Fsp3) is 0.333. The Morgan fingerprint density at radius 1 is 0.913 bits per heavy atom. The lowest BCUT2D eigenvalue weighted by atomic mass is 9.92. The third kappa shape index (κ3) is 8.40. The van der Waals surface area contributed by atoms with Crippen LogP contribution in [0.15, 0.2) is 72.8 Å². The lowest BCUT2D eigenvalue weighted by Gasteiger charge is -2.47. The number of carbonyl (C=O) groups excluding carboxylic acids is 3. The molecule has 5 atom stereocenters. The van der Waals surface area contributed by atoms with Crippen molar-refractivity contribution in [3.63, 3.8) is 0 Å². The molecule has 46 heavy (non-hydrogen) atoms. The van der Waals surface area contributed by atoms with Gasteiger partial charge in [-0.2, -0.15) is 0 Å². The predicted octanol–water partition coefficient (Wildman–Crippen LogP) is 4.00. The number of carbonyl (C=O) groups is 4. The number of nitrogens with one attached hydrogen (secondary N) is 2. The van der Waals surface area contributed by atoms with E-state index in [1.165, 1.54) is 67.2 Å². The van der Waals surface area contributed by atoms with Crippen molar-refractivity contribution >= 4 is 41.1 Å². The number of thioether (sulfide) groups is 1. The zero-order valence-corrected chi connectivity index (χ0v) is 26.2. The number of nitrogens with zero attached hydrogens (tertiary/aromatic N) is 1. The average molecular weight is 656 g/mol. The van der Waals surface area contributed by atoms with Gasteiger partial charge in [0.1, 0.15) is 34.7 Å². The summed E-state index contributed by atoms with van der Waals surface area (Å²) < 4.78 is 32.5. The van der Waals surface area contributed by atoms with Crippen LogP contribution in [0.4, 0.5) is 14.5 Å². The number of anilines is 1. The molecule has 1 unspecified atom stereocenters. The molecule has 3 amide bonds. The van der Waals surface area contributed by atoms with Crippen molar-refractivity contribution in [2.45, 2.75) is 50.3 Å². The average Bonchev–Trinajstić information content (AvgIpc) is 3.02. The molecule has 0 aromatic heterocycles. The van der Waals surface area contributed by atoms with Gasteiger partial charge in [-0.1, -0.05) is 38.1 Å². The minimum atomic E-state index is -1.17. The van der Waals surface area contributed by atoms with Gasteiger partial charge in [0.05, 0.1) is 12.1 Å². The van der Waals surface area contributed by atoms with Gasteiger partial charge >= 0.3 is 5.97 Å². The lowest BCUT2D eigenvalue weighted by molar-refractivity contribution is -0.143. The van der Waals surface area contributed by atoms with Gasteiger partial charge in [0, 0.05) is 11.4 Å². The number of hydrogen-bond donors (Lipinski definition) is 4. The Labute approximate surface area is 269 Å². The number of amides is 3. The van der Waals surface area contributed by atoms with Crippen LogP contribution in [0.25, 0.3) is 0 Å². The van der Waals surface area contributed by atoms with Gasteiger partial charge in [-0.05, 0) is 72.5 Å². The third-order valence-electron chi connectivity index (χ3n) is 7.43. The van der Waals surface area contributed by atoms with Crippen molar-refractivity contribution in [3.8, 4) is 5.75 Å². The second kappa shape index (κ2) is 15.2. The van der Waals surface area contributed by atoms with Crippen LogP contribution >= 0.6 is 11.8 Å². The summed E-state index contributed by atoms with van der Waals surface area (Å²) >= 11 is 1.26. The van der Waals surface area contributed by atoms with E-state index in [1.54, 1.807) is 43.0 Å². The number of aliphatic hydroxyl groups excluding tert-OH is 1. The van der Waals surface area contributed by atoms with Crippen LogP contribution in [-0.4, -0.2) is 63.6 Å². The molecule has 4 N–H and O–H groups in total. The van der Waals surface area contributed by atoms with Gasteiger partial charge in [0.2, 0.25) is 11.8 Å². The molecule has 0 aliphatic carbocycles. The Balaban J connectivity index is 1.39. The van der Waals surface area contributed by atoms with Crippen molar-refractivity contribution < 1.29 is 42.9 Å². The van der Waals surface area contributed by atoms with Crippen LogP contribution in [0.1, 0.15) is 44.0 Å². The van der Waals surface area contributed by atoms with E-state index < -0.39 is 65.5 Å². The number of ether oxygens (including phenoxy) is 1. The number of carboxylic acid groups (broad SMARTS) is 1. The van der Waals surface area contributed by atoms with Gasteiger partial charge in [-0.15, -0.1) is 11.8 Å². The van der Waals surface area contributed by atoms with Crippen molar-refractivity contribution in [2.75, 3.05) is 17.3 Å². The van der Waals surface area contributed by atoms with E-state index in [1.807, 2.05) is 0 Å². The molecule has 0 radical (unpaired) electrons. The van der Waals surface area contributed by atoms with E-state index >= 15 is 0 Å². The molecular formula is C33H35F2N3O7S. The van der Waals surface area contributed by atoms with Gasteiger partial charge < -0.3 is 30.5 Å². The second-order valence-electron chi connectivity index (χ2n) is 11.2. The van der Waals surface area contributed by atoms with Crippen LogP contribution in [0.2, 0.25) is 0 Å². The molecule has 0 saturated carbocycles. The van der Waals surface area contributed by atoms with E-state index in [4.69, 9.17) is 4.74 Å². The first kappa shape index (κ1) is 34.4. The summed E-state index contributed by atoms with van der Waals surface area (Å²) in [4.78, 5) is 51.0. The number of aliphatic hydroxyl groups is 1. The summed E-state index contributed by atoms with van der Waals surface area (Å²) in [6, 6.07) is 15.2. The molecule has 1 fully saturated rings. The minimum absolute atomic E-state index is 0.178. The van der Waals surface area contributed by atoms with Gasteiger partial charge in [-0.25, -0.2) is 13.6 Å². The van der Waals surface area contributed by atoms with Gasteiger partial charge in [0.15, 0.2) is 6.61 Å². The number of β-lactam (4-membered cyclic amide) rings is 1. The standard InChI is InChI=1S/C33H35F2N3O7S/c1-18(2)28(33(43)44)37-31(41)19(3)36-27(40)16-45-25-14-6-21(7-15-25)29-30(32(42)38(29)24-12-10-23(35)11-13-24)46-17-26(39)20-4-8-22(34)9-5-20/h4-15,18-19,26,28-30,39H,16-17H2,1-3H3,(H,36,40)(H,37,41)(H,43,44)/t19-,26?,28-,29-,30-/m1/s1. The summed E-state index contributed by atoms with van der Waals surface area (Å²) in [5, 5.41) is 24.2. The number of hydrogen-bond acceptors (Lipinski definition) is 7. The smallest absolute Gasteiger partial charge is 0.326 e. The maximum Gasteiger partial charge on any atom is 0.326 e. The highest BCUT2D eigenvalue weighted by Crippen LogP contribution is 2.46. The maximum atomic E-state index is 13.6. The first-order chi connectivity index (χ1) is 21.8. The molecule has 4 rings (SSSR count). The quantitative estimate of drug-likeness (QED) is 0.191. The Morgan fingerprint density at radius 3 is 2.07 bits per heavy atom. The van der Waals surface area contributed by atoms with Crippen LogP contribution in [0, 0.1) is 17.6 Å². The zero-order chi connectivity index (χ0) is 33.5. The van der Waals surface area contributed by atoms with Crippen molar-refractivity contribution in [1.82, 2.24) is 10.6 Å². The van der Waals surface area contributed by atoms with Gasteiger partial charge in [0.25, 0.3) is 5.91 Å². The van der Waals surface area contributed by atoms with E-state index in [-0.39, 0.29) is 17.6 Å². The summed E-state index contributed by atoms with van der Waals surface area (Å²) in [5.74, 6) is -3.31. The molecule has 1 saturated heterocycles. The number of rotatable bonds is 14. The molecule has 1 heterocycles. The number of benzene rings is 3. The fourth-order valence-corrected chi connectivity index (χ4v) is 6.16. The number of carboxylic acids is 1. The van der Waals surface area contributed by atoms with E-state index in [0.29, 0.717) is 17.0 Å². The van der Waals surface area contributed by atoms with Crippen molar-refractivity contribution in [3.05, 3.63) is 95.6 Å². The van der Waals surface area contributed by atoms with Crippen LogP contribution in [0.3, 0.4) is 0 Å². The molecule has 244 valence electrons. The molecular weight excluding hydrogens is 620 g/mol. The summed E-state index contributed by atoms with van der Waals surface area (Å²) in [6.07, 6.45) is -0.927. The molecule has 1 aliphatic rings. The molecule has 3 aromatic carbocycles. The summed E-state index contributed by atoms with van der Waals surface area (Å²) in [5.41, 5.74) is 1.76. The van der Waals surface area contributed by atoms with Crippen LogP contribution in [0.5, 0.6) is 5.75 Å². The first-order valence-electron chi connectivity index (χ1n) is 14.5. The van der Waals surface area contributed by atoms with Crippen LogP contribution < -0.4 is 20.3 Å². The normalized spacial score (nSPS) is 17.9. The van der Waals surface area contributed by atoms with E-state index in [9.17, 15) is 38.2 Å². The second-order valence-corrected chi connectivity index (χ2v) is 12.3. The van der Waals surface area contributed by atoms with Crippen molar-refractivity contribution in [2.24, 2.45) is 5.92 Å². The minimum Gasteiger partial charge on any atom is -0.484 e. The zero-order valence-electron chi connectivity index (χ0n) is 25.4. The molecule has 1 aliphatic heterocycles. The summed E-state index contributed by atoms with van der Waals surface area (Å²) in [6.45, 7) is 4.34. The topological polar surface area (TPSA) is 145 Å². The fourth-order valence-electron chi connectivity index (χ4n) is 4.86. The van der Waals surface area contributed by atoms with Gasteiger partial charge in [-0.3, -0.25) is 14.4 Å². The molecule has 0 bridgehead atoms. The lowest BCUT2D eigenvalue weighted by Crippen LogP contribution is -2.57. The Kier molecular flexibility index (Phi) is 11.4. The van der Waals surface area contributed by atoms with Crippen molar-refractivity contribution in [1.29, 1.82) is 0 Å². The highest BCUT2D eigenvalue weighted by molar-refractivity contribution is 8.00. The SMILES string of the molecule is CC(C)[C@@H](NC(=O)[C@@H](C)NC(=O)COc1ccc([C@@H]2[C@@H](SCC(O)c3ccc(F)cc3)C(=O)N2c2ccc(F)cc2)cc1)C(=O)O. The summed E-state index contributed by atoms with van der Waals surface area (Å²) in [7, 11) is 0. The Bertz CT molecular complexity index is 1540. The molecule has 13 heteroatoms. The van der Waals surface area contributed by atoms with E-state index in [2.05, 4.69) is 10.6 Å². The Morgan fingerprint density at radius 2 is 1.50 bits per heavy atom. The first-order valence-corrected chi connectivity index (χ1v) is 15.6. The largest absolute Gasteiger partial charge is 0.484 e. The number of halogens is 2. The molecule has 0 spiro atoms. The Hall–Kier alpha value is -4.49. The molecule has 3 aromatic rings. The van der Waals surface area contributed by atoms with E-state index in [0.717, 1.165) is 5.56 Å².